The Morgan fingerprint density at radius 2 is 2.11 bits per heavy atom. The van der Waals surface area contributed by atoms with Crippen molar-refractivity contribution in [1.82, 2.24) is 5.32 Å². The molecule has 0 spiro atoms. The van der Waals surface area contributed by atoms with Crippen LogP contribution >= 0.6 is 11.8 Å². The van der Waals surface area contributed by atoms with E-state index in [4.69, 9.17) is 0 Å². The molecule has 19 heavy (non-hydrogen) atoms. The van der Waals surface area contributed by atoms with Gasteiger partial charge in [-0.15, -0.1) is 11.8 Å². The van der Waals surface area contributed by atoms with Gasteiger partial charge in [-0.05, 0) is 49.8 Å². The Labute approximate surface area is 122 Å². The van der Waals surface area contributed by atoms with E-state index in [1.54, 1.807) is 5.56 Å². The van der Waals surface area contributed by atoms with E-state index < -0.39 is 0 Å². The first-order valence-corrected chi connectivity index (χ1v) is 8.60. The van der Waals surface area contributed by atoms with E-state index in [-0.39, 0.29) is 0 Å². The molecule has 2 heteroatoms. The largest absolute Gasteiger partial charge is 0.314 e. The molecule has 2 rings (SSSR count). The fourth-order valence-corrected chi connectivity index (χ4v) is 4.52. The van der Waals surface area contributed by atoms with Crippen molar-refractivity contribution in [2.75, 3.05) is 6.54 Å². The normalized spacial score (nSPS) is 21.1. The summed E-state index contributed by atoms with van der Waals surface area (Å²) in [5.74, 6) is 0.767. The molecule has 0 radical (unpaired) electrons. The van der Waals surface area contributed by atoms with Crippen molar-refractivity contribution in [3.8, 4) is 0 Å². The first kappa shape index (κ1) is 14.9. The molecule has 1 N–H and O–H groups in total. The molecule has 3 atom stereocenters. The Kier molecular flexibility index (Phi) is 5.77. The first-order valence-electron chi connectivity index (χ1n) is 7.72. The highest BCUT2D eigenvalue weighted by atomic mass is 32.2. The predicted octanol–water partition coefficient (Wildman–Crippen LogP) is 4.51. The van der Waals surface area contributed by atoms with Crippen LogP contribution in [0.2, 0.25) is 0 Å². The van der Waals surface area contributed by atoms with Crippen molar-refractivity contribution >= 4 is 11.8 Å². The first-order chi connectivity index (χ1) is 9.24. The molecule has 0 amide bonds. The Morgan fingerprint density at radius 1 is 1.32 bits per heavy atom. The van der Waals surface area contributed by atoms with Crippen molar-refractivity contribution in [3.63, 3.8) is 0 Å². The topological polar surface area (TPSA) is 12.0 Å². The van der Waals surface area contributed by atoms with Crippen molar-refractivity contribution in [2.24, 2.45) is 5.92 Å². The van der Waals surface area contributed by atoms with Crippen molar-refractivity contribution < 1.29 is 0 Å². The highest BCUT2D eigenvalue weighted by molar-refractivity contribution is 8.00. The van der Waals surface area contributed by atoms with Gasteiger partial charge in [0.15, 0.2) is 0 Å². The summed E-state index contributed by atoms with van der Waals surface area (Å²) in [4.78, 5) is 1.51. The van der Waals surface area contributed by atoms with Crippen molar-refractivity contribution in [3.05, 3.63) is 29.8 Å². The summed E-state index contributed by atoms with van der Waals surface area (Å²) in [6.07, 6.45) is 5.06. The minimum Gasteiger partial charge on any atom is -0.314 e. The second-order valence-electron chi connectivity index (χ2n) is 5.73. The fraction of sp³-hybridized carbons (Fsp3) is 0.647. The van der Waals surface area contributed by atoms with E-state index in [1.807, 2.05) is 0 Å². The molecule has 1 nitrogen and oxygen atoms in total. The number of hydrogen-bond donors (Lipinski definition) is 1. The summed E-state index contributed by atoms with van der Waals surface area (Å²) in [6, 6.07) is 9.58. The average molecular weight is 277 g/mol. The number of benzene rings is 1. The summed E-state index contributed by atoms with van der Waals surface area (Å²) in [7, 11) is 0. The maximum atomic E-state index is 3.70. The van der Waals surface area contributed by atoms with Crippen LogP contribution in [-0.2, 0) is 6.42 Å². The van der Waals surface area contributed by atoms with Crippen LogP contribution in [0.3, 0.4) is 0 Å². The van der Waals surface area contributed by atoms with Crippen LogP contribution in [0.4, 0.5) is 0 Å². The van der Waals surface area contributed by atoms with E-state index in [0.717, 1.165) is 17.7 Å². The second kappa shape index (κ2) is 7.35. The standard InChI is InChI=1S/C17H27NS/c1-4-10-18-16(5-2)13(3)11-15-12-14-8-6-7-9-17(14)19-15/h6-9,13,15-16,18H,4-5,10-12H2,1-3H3. The zero-order valence-corrected chi connectivity index (χ0v) is 13.3. The number of hydrogen-bond acceptors (Lipinski definition) is 2. The van der Waals surface area contributed by atoms with Gasteiger partial charge in [0.1, 0.15) is 0 Å². The van der Waals surface area contributed by atoms with Gasteiger partial charge < -0.3 is 5.32 Å². The van der Waals surface area contributed by atoms with Crippen molar-refractivity contribution in [2.45, 2.75) is 62.6 Å². The lowest BCUT2D eigenvalue weighted by atomic mass is 9.92. The molecule has 106 valence electrons. The lowest BCUT2D eigenvalue weighted by Gasteiger charge is -2.26. The quantitative estimate of drug-likeness (QED) is 0.787. The van der Waals surface area contributed by atoms with Crippen LogP contribution in [0.15, 0.2) is 29.2 Å². The highest BCUT2D eigenvalue weighted by Gasteiger charge is 2.25. The van der Waals surface area contributed by atoms with Gasteiger partial charge in [-0.3, -0.25) is 0 Å². The molecular weight excluding hydrogens is 250 g/mol. The summed E-state index contributed by atoms with van der Waals surface area (Å²) in [5.41, 5.74) is 1.55. The Bertz CT molecular complexity index is 366. The summed E-state index contributed by atoms with van der Waals surface area (Å²) in [5, 5.41) is 4.49. The maximum Gasteiger partial charge on any atom is 0.0138 e. The molecule has 0 fully saturated rings. The molecule has 1 heterocycles. The molecule has 0 saturated carbocycles. The zero-order valence-electron chi connectivity index (χ0n) is 12.5. The molecule has 0 bridgehead atoms. The smallest absolute Gasteiger partial charge is 0.0138 e. The number of nitrogens with one attached hydrogen (secondary N) is 1. The molecule has 0 aliphatic carbocycles. The summed E-state index contributed by atoms with van der Waals surface area (Å²) in [6.45, 7) is 8.12. The van der Waals surface area contributed by atoms with Gasteiger partial charge in [0, 0.05) is 16.2 Å². The molecule has 0 aromatic heterocycles. The van der Waals surface area contributed by atoms with Gasteiger partial charge in [0.2, 0.25) is 0 Å². The Hall–Kier alpha value is -0.470. The monoisotopic (exact) mass is 277 g/mol. The van der Waals surface area contributed by atoms with E-state index in [2.05, 4.69) is 62.1 Å². The van der Waals surface area contributed by atoms with Gasteiger partial charge in [-0.1, -0.05) is 39.0 Å². The van der Waals surface area contributed by atoms with Gasteiger partial charge in [-0.2, -0.15) is 0 Å². The molecule has 1 aliphatic rings. The molecule has 1 aliphatic heterocycles. The number of thioether (sulfide) groups is 1. The summed E-state index contributed by atoms with van der Waals surface area (Å²) >= 11 is 2.09. The minimum absolute atomic E-state index is 0.685. The average Bonchev–Trinajstić information content (AvgIpc) is 2.81. The highest BCUT2D eigenvalue weighted by Crippen LogP contribution is 2.39. The van der Waals surface area contributed by atoms with E-state index >= 15 is 0 Å². The molecule has 1 aromatic rings. The molecule has 0 saturated heterocycles. The van der Waals surface area contributed by atoms with Crippen molar-refractivity contribution in [1.29, 1.82) is 0 Å². The third kappa shape index (κ3) is 4.00. The Balaban J connectivity index is 1.85. The molecular formula is C17H27NS. The lowest BCUT2D eigenvalue weighted by molar-refractivity contribution is 0.346. The second-order valence-corrected chi connectivity index (χ2v) is 7.08. The number of rotatable bonds is 7. The maximum absolute atomic E-state index is 3.70. The van der Waals surface area contributed by atoms with E-state index in [0.29, 0.717) is 6.04 Å². The third-order valence-electron chi connectivity index (χ3n) is 4.13. The van der Waals surface area contributed by atoms with Crippen LogP contribution in [0.5, 0.6) is 0 Å². The van der Waals surface area contributed by atoms with Crippen LogP contribution in [0, 0.1) is 5.92 Å². The van der Waals surface area contributed by atoms with E-state index in [1.165, 1.54) is 30.6 Å². The Morgan fingerprint density at radius 3 is 2.79 bits per heavy atom. The molecule has 1 aromatic carbocycles. The third-order valence-corrected chi connectivity index (χ3v) is 5.48. The van der Waals surface area contributed by atoms with E-state index in [9.17, 15) is 0 Å². The molecule has 3 unspecified atom stereocenters. The number of fused-ring (bicyclic) bond motifs is 1. The van der Waals surface area contributed by atoms with Crippen LogP contribution in [-0.4, -0.2) is 17.8 Å². The predicted molar refractivity (Wildman–Crippen MR) is 85.9 cm³/mol. The van der Waals surface area contributed by atoms with Gasteiger partial charge in [0.25, 0.3) is 0 Å². The van der Waals surface area contributed by atoms with Crippen LogP contribution in [0.25, 0.3) is 0 Å². The SMILES string of the molecule is CCCNC(CC)C(C)CC1Cc2ccccc2S1. The minimum atomic E-state index is 0.685. The fourth-order valence-electron chi connectivity index (χ4n) is 3.04. The van der Waals surface area contributed by atoms with Gasteiger partial charge in [0.05, 0.1) is 0 Å². The lowest BCUT2D eigenvalue weighted by Crippen LogP contribution is -2.36. The van der Waals surface area contributed by atoms with Gasteiger partial charge >= 0.3 is 0 Å². The zero-order chi connectivity index (χ0) is 13.7. The van der Waals surface area contributed by atoms with Crippen LogP contribution < -0.4 is 5.32 Å². The van der Waals surface area contributed by atoms with Gasteiger partial charge in [-0.25, -0.2) is 0 Å². The summed E-state index contributed by atoms with van der Waals surface area (Å²) < 4.78 is 0. The van der Waals surface area contributed by atoms with Crippen LogP contribution in [0.1, 0.15) is 45.6 Å².